The summed E-state index contributed by atoms with van der Waals surface area (Å²) in [6.07, 6.45) is 1.45. The molecule has 0 radical (unpaired) electrons. The summed E-state index contributed by atoms with van der Waals surface area (Å²) in [5.41, 5.74) is 0.697. The molecule has 14 heavy (non-hydrogen) atoms. The molecule has 0 aliphatic heterocycles. The van der Waals surface area contributed by atoms with Gasteiger partial charge in [-0.3, -0.25) is 0 Å². The zero-order valence-corrected chi connectivity index (χ0v) is 8.49. The van der Waals surface area contributed by atoms with Gasteiger partial charge in [0.15, 0.2) is 0 Å². The molecule has 1 aromatic carbocycles. The molecule has 0 aliphatic carbocycles. The van der Waals surface area contributed by atoms with E-state index in [2.05, 4.69) is 12.6 Å². The van der Waals surface area contributed by atoms with Gasteiger partial charge in [0.05, 0.1) is 12.0 Å². The maximum atomic E-state index is 10.5. The van der Waals surface area contributed by atoms with Gasteiger partial charge in [-0.25, -0.2) is 4.79 Å². The van der Waals surface area contributed by atoms with E-state index in [-0.39, 0.29) is 4.91 Å². The molecule has 0 aromatic heterocycles. The fraction of sp³-hybridized carbons (Fsp3) is 0.100. The molecule has 0 heterocycles. The quantitative estimate of drug-likeness (QED) is 0.593. The highest BCUT2D eigenvalue weighted by molar-refractivity contribution is 7.85. The summed E-state index contributed by atoms with van der Waals surface area (Å²) in [6.45, 7) is 0. The van der Waals surface area contributed by atoms with Crippen LogP contribution in [-0.2, 0) is 4.79 Å². The Balaban J connectivity index is 3.07. The lowest BCUT2D eigenvalue weighted by Gasteiger charge is -2.03. The zero-order chi connectivity index (χ0) is 10.6. The van der Waals surface area contributed by atoms with E-state index in [0.29, 0.717) is 11.3 Å². The van der Waals surface area contributed by atoms with Crippen molar-refractivity contribution in [2.45, 2.75) is 0 Å². The number of carboxylic acids is 1. The lowest BCUT2D eigenvalue weighted by Crippen LogP contribution is -1.94. The Labute approximate surface area is 87.4 Å². The van der Waals surface area contributed by atoms with Gasteiger partial charge < -0.3 is 9.84 Å². The average molecular weight is 210 g/mol. The maximum absolute atomic E-state index is 10.5. The number of hydrogen-bond acceptors (Lipinski definition) is 3. The molecule has 0 unspecified atom stereocenters. The highest BCUT2D eigenvalue weighted by atomic mass is 32.1. The van der Waals surface area contributed by atoms with E-state index in [0.717, 1.165) is 0 Å². The summed E-state index contributed by atoms with van der Waals surface area (Å²) in [7, 11) is 1.53. The van der Waals surface area contributed by atoms with Gasteiger partial charge in [-0.1, -0.05) is 18.2 Å². The van der Waals surface area contributed by atoms with Gasteiger partial charge in [0.2, 0.25) is 0 Å². The highest BCUT2D eigenvalue weighted by Gasteiger charge is 2.03. The summed E-state index contributed by atoms with van der Waals surface area (Å²) in [4.78, 5) is 10.5. The van der Waals surface area contributed by atoms with Crippen LogP contribution in [0.15, 0.2) is 29.2 Å². The number of carbonyl (C=O) groups is 1. The smallest absolute Gasteiger partial charge is 0.341 e. The maximum Gasteiger partial charge on any atom is 0.341 e. The van der Waals surface area contributed by atoms with Gasteiger partial charge in [0.25, 0.3) is 0 Å². The minimum absolute atomic E-state index is 0.0190. The lowest BCUT2D eigenvalue weighted by atomic mass is 10.2. The largest absolute Gasteiger partial charge is 0.496 e. The molecule has 0 atom stereocenters. The van der Waals surface area contributed by atoms with Crippen LogP contribution in [0, 0.1) is 0 Å². The summed E-state index contributed by atoms with van der Waals surface area (Å²) >= 11 is 3.83. The third kappa shape index (κ3) is 2.53. The number of carboxylic acid groups (broad SMARTS) is 1. The normalized spacial score (nSPS) is 11.1. The first-order chi connectivity index (χ1) is 6.65. The molecule has 0 aliphatic rings. The molecule has 74 valence electrons. The fourth-order valence-electron chi connectivity index (χ4n) is 0.995. The van der Waals surface area contributed by atoms with Crippen LogP contribution in [0.4, 0.5) is 0 Å². The second kappa shape index (κ2) is 4.72. The second-order valence-electron chi connectivity index (χ2n) is 2.58. The van der Waals surface area contributed by atoms with Crippen molar-refractivity contribution in [2.75, 3.05) is 7.11 Å². The van der Waals surface area contributed by atoms with Crippen molar-refractivity contribution < 1.29 is 14.6 Å². The van der Waals surface area contributed by atoms with Crippen molar-refractivity contribution in [3.8, 4) is 5.75 Å². The van der Waals surface area contributed by atoms with Crippen LogP contribution in [-0.4, -0.2) is 18.2 Å². The minimum Gasteiger partial charge on any atom is -0.496 e. The second-order valence-corrected chi connectivity index (χ2v) is 3.06. The van der Waals surface area contributed by atoms with Crippen molar-refractivity contribution in [1.82, 2.24) is 0 Å². The Morgan fingerprint density at radius 2 is 2.14 bits per heavy atom. The molecule has 0 bridgehead atoms. The zero-order valence-electron chi connectivity index (χ0n) is 7.60. The molecule has 1 N–H and O–H groups in total. The van der Waals surface area contributed by atoms with Crippen LogP contribution in [0.2, 0.25) is 0 Å². The topological polar surface area (TPSA) is 46.5 Å². The molecule has 4 heteroatoms. The molecule has 0 saturated carbocycles. The van der Waals surface area contributed by atoms with Crippen molar-refractivity contribution in [3.05, 3.63) is 34.7 Å². The van der Waals surface area contributed by atoms with Gasteiger partial charge in [0, 0.05) is 5.56 Å². The SMILES string of the molecule is COc1ccccc1/C=C(/S)C(=O)O. The molecular weight excluding hydrogens is 200 g/mol. The molecule has 3 nitrogen and oxygen atoms in total. The number of aliphatic carboxylic acids is 1. The molecule has 0 fully saturated rings. The van der Waals surface area contributed by atoms with Gasteiger partial charge >= 0.3 is 5.97 Å². The van der Waals surface area contributed by atoms with Crippen molar-refractivity contribution >= 4 is 24.7 Å². The van der Waals surface area contributed by atoms with E-state index in [4.69, 9.17) is 9.84 Å². The number of methoxy groups -OCH3 is 1. The third-order valence-electron chi connectivity index (χ3n) is 1.65. The summed E-state index contributed by atoms with van der Waals surface area (Å²) in [5, 5.41) is 8.62. The van der Waals surface area contributed by atoms with E-state index in [1.165, 1.54) is 13.2 Å². The van der Waals surface area contributed by atoms with Gasteiger partial charge in [0.1, 0.15) is 5.75 Å². The predicted molar refractivity (Wildman–Crippen MR) is 57.6 cm³/mol. The Hall–Kier alpha value is -1.42. The number of ether oxygens (including phenoxy) is 1. The van der Waals surface area contributed by atoms with Crippen molar-refractivity contribution in [3.63, 3.8) is 0 Å². The Kier molecular flexibility index (Phi) is 3.59. The number of para-hydroxylation sites is 1. The highest BCUT2D eigenvalue weighted by Crippen LogP contribution is 2.21. The predicted octanol–water partition coefficient (Wildman–Crippen LogP) is 2.05. The number of thiol groups is 1. The van der Waals surface area contributed by atoms with E-state index < -0.39 is 5.97 Å². The fourth-order valence-corrected chi connectivity index (χ4v) is 1.13. The lowest BCUT2D eigenvalue weighted by molar-refractivity contribution is -0.131. The summed E-state index contributed by atoms with van der Waals surface area (Å²) in [6, 6.07) is 7.14. The van der Waals surface area contributed by atoms with Crippen molar-refractivity contribution in [1.29, 1.82) is 0 Å². The van der Waals surface area contributed by atoms with Gasteiger partial charge in [-0.15, -0.1) is 12.6 Å². The van der Waals surface area contributed by atoms with Crippen LogP contribution in [0.5, 0.6) is 5.75 Å². The Morgan fingerprint density at radius 3 is 2.71 bits per heavy atom. The van der Waals surface area contributed by atoms with E-state index in [1.807, 2.05) is 6.07 Å². The molecule has 0 amide bonds. The van der Waals surface area contributed by atoms with E-state index in [9.17, 15) is 4.79 Å². The first-order valence-corrected chi connectivity index (χ1v) is 4.37. The summed E-state index contributed by atoms with van der Waals surface area (Å²) < 4.78 is 5.05. The number of hydrogen-bond donors (Lipinski definition) is 2. The molecule has 0 saturated heterocycles. The van der Waals surface area contributed by atoms with Crippen LogP contribution in [0.25, 0.3) is 6.08 Å². The number of benzene rings is 1. The van der Waals surface area contributed by atoms with E-state index in [1.54, 1.807) is 18.2 Å². The van der Waals surface area contributed by atoms with Crippen molar-refractivity contribution in [2.24, 2.45) is 0 Å². The standard InChI is InChI=1S/C10H10O3S/c1-13-8-5-3-2-4-7(8)6-9(14)10(11)12/h2-6,14H,1H3,(H,11,12)/b9-6+. The third-order valence-corrected chi connectivity index (χ3v) is 1.97. The molecule has 1 aromatic rings. The van der Waals surface area contributed by atoms with E-state index >= 15 is 0 Å². The molecule has 0 spiro atoms. The van der Waals surface area contributed by atoms with Crippen LogP contribution in [0.1, 0.15) is 5.56 Å². The minimum atomic E-state index is -1.06. The average Bonchev–Trinajstić information content (AvgIpc) is 2.18. The van der Waals surface area contributed by atoms with Crippen LogP contribution < -0.4 is 4.74 Å². The monoisotopic (exact) mass is 210 g/mol. The first kappa shape index (κ1) is 10.7. The Morgan fingerprint density at radius 1 is 1.50 bits per heavy atom. The Bertz CT molecular complexity index is 371. The first-order valence-electron chi connectivity index (χ1n) is 3.92. The van der Waals surface area contributed by atoms with Gasteiger partial charge in [-0.05, 0) is 12.1 Å². The summed E-state index contributed by atoms with van der Waals surface area (Å²) in [5.74, 6) is -0.431. The molecule has 1 rings (SSSR count). The molecular formula is C10H10O3S. The van der Waals surface area contributed by atoms with Crippen LogP contribution in [0.3, 0.4) is 0 Å². The van der Waals surface area contributed by atoms with Crippen LogP contribution >= 0.6 is 12.6 Å². The van der Waals surface area contributed by atoms with Gasteiger partial charge in [-0.2, -0.15) is 0 Å². The number of rotatable bonds is 3.